The second kappa shape index (κ2) is 9.69. The van der Waals surface area contributed by atoms with Gasteiger partial charge in [0, 0.05) is 25.6 Å². The van der Waals surface area contributed by atoms with Crippen molar-refractivity contribution >= 4 is 0 Å². The molecule has 28 heavy (non-hydrogen) atoms. The van der Waals surface area contributed by atoms with E-state index in [0.717, 1.165) is 51.3 Å². The number of benzene rings is 2. The van der Waals surface area contributed by atoms with Gasteiger partial charge >= 0.3 is 0 Å². The molecule has 2 aromatic rings. The Morgan fingerprint density at radius 1 is 1.00 bits per heavy atom. The highest BCUT2D eigenvalue weighted by Crippen LogP contribution is 2.42. The summed E-state index contributed by atoms with van der Waals surface area (Å²) < 4.78 is 5.54. The maximum absolute atomic E-state index is 12.2. The van der Waals surface area contributed by atoms with E-state index >= 15 is 0 Å². The lowest BCUT2D eigenvalue weighted by Crippen LogP contribution is -2.45. The quantitative estimate of drug-likeness (QED) is 0.725. The predicted octanol–water partition coefficient (Wildman–Crippen LogP) is 4.60. The van der Waals surface area contributed by atoms with E-state index < -0.39 is 5.60 Å². The van der Waals surface area contributed by atoms with Crippen LogP contribution >= 0.6 is 0 Å². The summed E-state index contributed by atoms with van der Waals surface area (Å²) in [6, 6.07) is 19.1. The van der Waals surface area contributed by atoms with Gasteiger partial charge in [0.25, 0.3) is 0 Å². The second-order valence-electron chi connectivity index (χ2n) is 8.45. The van der Waals surface area contributed by atoms with Crippen molar-refractivity contribution in [3.63, 3.8) is 0 Å². The van der Waals surface area contributed by atoms with Gasteiger partial charge in [0.15, 0.2) is 0 Å². The normalized spacial score (nSPS) is 18.8. The highest BCUT2D eigenvalue weighted by atomic mass is 16.5. The van der Waals surface area contributed by atoms with E-state index in [1.165, 1.54) is 11.1 Å². The molecule has 0 aromatic heterocycles. The van der Waals surface area contributed by atoms with Crippen LogP contribution in [0.4, 0.5) is 0 Å². The van der Waals surface area contributed by atoms with Gasteiger partial charge in [-0.05, 0) is 35.4 Å². The third-order valence-corrected chi connectivity index (χ3v) is 5.90. The number of hydrogen-bond donors (Lipinski definition) is 1. The van der Waals surface area contributed by atoms with Gasteiger partial charge in [-0.1, -0.05) is 75.4 Å². The first-order valence-corrected chi connectivity index (χ1v) is 10.7. The van der Waals surface area contributed by atoms with Crippen molar-refractivity contribution in [1.82, 2.24) is 4.90 Å². The number of rotatable bonds is 8. The van der Waals surface area contributed by atoms with Crippen LogP contribution in [0.3, 0.4) is 0 Å². The van der Waals surface area contributed by atoms with Crippen LogP contribution in [0, 0.1) is 5.92 Å². The monoisotopic (exact) mass is 381 g/mol. The summed E-state index contributed by atoms with van der Waals surface area (Å²) in [5.41, 5.74) is 2.64. The summed E-state index contributed by atoms with van der Waals surface area (Å²) >= 11 is 0. The van der Waals surface area contributed by atoms with Crippen LogP contribution in [0.2, 0.25) is 0 Å². The Morgan fingerprint density at radius 2 is 1.64 bits per heavy atom. The molecule has 3 heteroatoms. The summed E-state index contributed by atoms with van der Waals surface area (Å²) in [6.07, 6.45) is 1.75. The first kappa shape index (κ1) is 21.0. The fourth-order valence-electron chi connectivity index (χ4n) is 4.37. The maximum Gasteiger partial charge on any atom is 0.0979 e. The zero-order valence-corrected chi connectivity index (χ0v) is 17.6. The molecule has 0 saturated carbocycles. The second-order valence-corrected chi connectivity index (χ2v) is 8.45. The fourth-order valence-corrected chi connectivity index (χ4v) is 4.37. The first-order valence-electron chi connectivity index (χ1n) is 10.7. The lowest BCUT2D eigenvalue weighted by Gasteiger charge is -2.42. The molecular weight excluding hydrogens is 346 g/mol. The van der Waals surface area contributed by atoms with Crippen molar-refractivity contribution in [1.29, 1.82) is 0 Å². The van der Waals surface area contributed by atoms with E-state index in [0.29, 0.717) is 5.92 Å². The molecule has 0 bridgehead atoms. The molecule has 1 saturated heterocycles. The van der Waals surface area contributed by atoms with Crippen LogP contribution in [0.15, 0.2) is 54.6 Å². The summed E-state index contributed by atoms with van der Waals surface area (Å²) in [7, 11) is 0. The predicted molar refractivity (Wildman–Crippen MR) is 116 cm³/mol. The van der Waals surface area contributed by atoms with E-state index in [4.69, 9.17) is 4.74 Å². The molecule has 1 aliphatic heterocycles. The Kier molecular flexibility index (Phi) is 7.28. The standard InChI is InChI=1S/C25H35NO2/c1-4-21-10-12-23(13-11-21)25(27,18-20(2)3)24(22-8-6-5-7-9-22)19-26-14-16-28-17-15-26/h5-13,20,24,27H,4,14-19H2,1-3H3/t24-,25-/m0/s1. The summed E-state index contributed by atoms with van der Waals surface area (Å²) in [5.74, 6) is 0.411. The van der Waals surface area contributed by atoms with Crippen LogP contribution in [0.5, 0.6) is 0 Å². The first-order chi connectivity index (χ1) is 13.5. The average molecular weight is 382 g/mol. The smallest absolute Gasteiger partial charge is 0.0979 e. The van der Waals surface area contributed by atoms with Gasteiger partial charge in [-0.15, -0.1) is 0 Å². The van der Waals surface area contributed by atoms with Crippen molar-refractivity contribution < 1.29 is 9.84 Å². The number of hydrogen-bond acceptors (Lipinski definition) is 3. The average Bonchev–Trinajstić information content (AvgIpc) is 2.73. The highest BCUT2D eigenvalue weighted by molar-refractivity contribution is 5.34. The van der Waals surface area contributed by atoms with Crippen LogP contribution in [0.25, 0.3) is 0 Å². The van der Waals surface area contributed by atoms with E-state index in [1.807, 2.05) is 6.07 Å². The highest BCUT2D eigenvalue weighted by Gasteiger charge is 2.40. The zero-order chi connectivity index (χ0) is 20.0. The molecule has 0 aliphatic carbocycles. The summed E-state index contributed by atoms with van der Waals surface area (Å²) in [4.78, 5) is 2.44. The zero-order valence-electron chi connectivity index (χ0n) is 17.6. The lowest BCUT2D eigenvalue weighted by molar-refractivity contribution is -0.0356. The maximum atomic E-state index is 12.2. The van der Waals surface area contributed by atoms with Gasteiger partial charge in [0.1, 0.15) is 0 Å². The number of aryl methyl sites for hydroxylation is 1. The minimum atomic E-state index is -0.903. The van der Waals surface area contributed by atoms with E-state index in [-0.39, 0.29) is 5.92 Å². The molecule has 2 atom stereocenters. The summed E-state index contributed by atoms with van der Waals surface area (Å²) in [5, 5.41) is 12.2. The van der Waals surface area contributed by atoms with Gasteiger partial charge in [-0.2, -0.15) is 0 Å². The third kappa shape index (κ3) is 5.02. The van der Waals surface area contributed by atoms with Gasteiger partial charge in [0.05, 0.1) is 18.8 Å². The molecule has 3 nitrogen and oxygen atoms in total. The Morgan fingerprint density at radius 3 is 2.21 bits per heavy atom. The van der Waals surface area contributed by atoms with E-state index in [2.05, 4.69) is 74.2 Å². The van der Waals surface area contributed by atoms with Crippen LogP contribution in [0.1, 0.15) is 49.8 Å². The van der Waals surface area contributed by atoms with Crippen LogP contribution < -0.4 is 0 Å². The van der Waals surface area contributed by atoms with Gasteiger partial charge in [0.2, 0.25) is 0 Å². The Bertz CT molecular complexity index is 707. The van der Waals surface area contributed by atoms with Crippen LogP contribution in [-0.4, -0.2) is 42.9 Å². The summed E-state index contributed by atoms with van der Waals surface area (Å²) in [6.45, 7) is 10.8. The van der Waals surface area contributed by atoms with Crippen molar-refractivity contribution in [3.8, 4) is 0 Å². The molecule has 0 spiro atoms. The molecule has 0 unspecified atom stereocenters. The Balaban J connectivity index is 2.01. The van der Waals surface area contributed by atoms with E-state index in [9.17, 15) is 5.11 Å². The molecule has 0 radical (unpaired) electrons. The Labute approximate surface area is 170 Å². The number of aliphatic hydroxyl groups is 1. The van der Waals surface area contributed by atoms with Gasteiger partial charge in [-0.25, -0.2) is 0 Å². The van der Waals surface area contributed by atoms with Crippen molar-refractivity contribution in [2.24, 2.45) is 5.92 Å². The SMILES string of the molecule is CCc1ccc([C@@](O)(CC(C)C)[C@@H](CN2CCOCC2)c2ccccc2)cc1. The van der Waals surface area contributed by atoms with E-state index in [1.54, 1.807) is 0 Å². The topological polar surface area (TPSA) is 32.7 Å². The van der Waals surface area contributed by atoms with Crippen molar-refractivity contribution in [2.45, 2.75) is 45.1 Å². The molecule has 2 aromatic carbocycles. The molecule has 1 heterocycles. The van der Waals surface area contributed by atoms with Gasteiger partial charge < -0.3 is 9.84 Å². The molecule has 1 N–H and O–H groups in total. The molecule has 3 rings (SSSR count). The van der Waals surface area contributed by atoms with Crippen molar-refractivity contribution in [3.05, 3.63) is 71.3 Å². The minimum absolute atomic E-state index is 0.0154. The largest absolute Gasteiger partial charge is 0.384 e. The number of nitrogens with zero attached hydrogens (tertiary/aromatic N) is 1. The molecule has 1 fully saturated rings. The number of ether oxygens (including phenoxy) is 1. The minimum Gasteiger partial charge on any atom is -0.384 e. The molecule has 1 aliphatic rings. The number of morpholine rings is 1. The van der Waals surface area contributed by atoms with Crippen LogP contribution in [-0.2, 0) is 16.8 Å². The third-order valence-electron chi connectivity index (χ3n) is 5.90. The Hall–Kier alpha value is -1.68. The van der Waals surface area contributed by atoms with Crippen molar-refractivity contribution in [2.75, 3.05) is 32.8 Å². The molecule has 0 amide bonds. The lowest BCUT2D eigenvalue weighted by atomic mass is 9.72. The van der Waals surface area contributed by atoms with Gasteiger partial charge in [-0.3, -0.25) is 4.90 Å². The molecule has 152 valence electrons. The fraction of sp³-hybridized carbons (Fsp3) is 0.520. The molecular formula is C25H35NO2.